The van der Waals surface area contributed by atoms with Gasteiger partial charge in [-0.05, 0) is 29.3 Å². The minimum Gasteiger partial charge on any atom is -0.422 e. The van der Waals surface area contributed by atoms with Crippen molar-refractivity contribution in [2.45, 2.75) is 110 Å². The summed E-state index contributed by atoms with van der Waals surface area (Å²) in [5.74, 6) is 0.821. The van der Waals surface area contributed by atoms with Gasteiger partial charge in [0.1, 0.15) is 11.1 Å². The summed E-state index contributed by atoms with van der Waals surface area (Å²) in [6.45, 7) is 2.28. The molecule has 4 aromatic rings. The zero-order chi connectivity index (χ0) is 25.7. The lowest BCUT2D eigenvalue weighted by Crippen LogP contribution is -2.03. The van der Waals surface area contributed by atoms with Crippen molar-refractivity contribution >= 4 is 21.7 Å². The molecule has 0 fully saturated rings. The molecule has 0 atom stereocenters. The van der Waals surface area contributed by atoms with Gasteiger partial charge < -0.3 is 8.83 Å². The van der Waals surface area contributed by atoms with Crippen molar-refractivity contribution in [2.24, 2.45) is 0 Å². The SMILES string of the molecule is CCCCCCCCCCCCCCCCCc1nnc(-c2cc3c(ccc4ccccc43)oc2=O)o1. The van der Waals surface area contributed by atoms with Gasteiger partial charge >= 0.3 is 5.63 Å². The predicted octanol–water partition coefficient (Wildman–Crippen LogP) is 9.41. The highest BCUT2D eigenvalue weighted by Crippen LogP contribution is 2.27. The lowest BCUT2D eigenvalue weighted by atomic mass is 10.0. The van der Waals surface area contributed by atoms with E-state index in [1.165, 1.54) is 89.9 Å². The van der Waals surface area contributed by atoms with Crippen molar-refractivity contribution < 1.29 is 8.83 Å². The predicted molar refractivity (Wildman–Crippen MR) is 152 cm³/mol. The summed E-state index contributed by atoms with van der Waals surface area (Å²) in [4.78, 5) is 12.6. The fraction of sp³-hybridized carbons (Fsp3) is 0.531. The molecule has 5 nitrogen and oxygen atoms in total. The molecule has 0 aliphatic carbocycles. The van der Waals surface area contributed by atoms with Crippen LogP contribution in [0, 0.1) is 0 Å². The van der Waals surface area contributed by atoms with Gasteiger partial charge in [0.05, 0.1) is 0 Å². The molecular weight excluding hydrogens is 460 g/mol. The second kappa shape index (κ2) is 14.7. The summed E-state index contributed by atoms with van der Waals surface area (Å²) >= 11 is 0. The molecule has 37 heavy (non-hydrogen) atoms. The molecule has 2 heterocycles. The minimum atomic E-state index is -0.454. The second-order valence-electron chi connectivity index (χ2n) is 10.3. The molecule has 0 aliphatic heterocycles. The largest absolute Gasteiger partial charge is 0.422 e. The Balaban J connectivity index is 1.14. The second-order valence-corrected chi connectivity index (χ2v) is 10.3. The number of benzene rings is 2. The van der Waals surface area contributed by atoms with E-state index < -0.39 is 5.63 Å². The Morgan fingerprint density at radius 3 is 1.95 bits per heavy atom. The standard InChI is InChI=1S/C32H42N2O3/c1-2-3-4-5-6-7-8-9-10-11-12-13-14-15-16-21-30-33-34-31(37-30)28-24-27-26-20-18-17-19-25(26)22-23-29(27)36-32(28)35/h17-20,22-24H,2-16,21H2,1H3. The number of nitrogens with zero attached hydrogens (tertiary/aromatic N) is 2. The van der Waals surface area contributed by atoms with Crippen molar-refractivity contribution in [1.29, 1.82) is 0 Å². The van der Waals surface area contributed by atoms with Crippen LogP contribution in [0.5, 0.6) is 0 Å². The molecule has 0 radical (unpaired) electrons. The first-order valence-corrected chi connectivity index (χ1v) is 14.5. The van der Waals surface area contributed by atoms with Crippen molar-refractivity contribution in [3.8, 4) is 11.5 Å². The molecule has 0 saturated heterocycles. The van der Waals surface area contributed by atoms with Gasteiger partial charge in [0, 0.05) is 11.8 Å². The molecule has 0 bridgehead atoms. The average molecular weight is 503 g/mol. The van der Waals surface area contributed by atoms with Crippen LogP contribution in [0.2, 0.25) is 0 Å². The molecule has 2 aromatic heterocycles. The van der Waals surface area contributed by atoms with E-state index in [0.717, 1.165) is 29.0 Å². The summed E-state index contributed by atoms with van der Waals surface area (Å²) in [6, 6.07) is 13.7. The van der Waals surface area contributed by atoms with Crippen LogP contribution in [-0.2, 0) is 6.42 Å². The summed E-state index contributed by atoms with van der Waals surface area (Å²) in [5, 5.41) is 11.3. The van der Waals surface area contributed by atoms with Crippen molar-refractivity contribution in [3.63, 3.8) is 0 Å². The van der Waals surface area contributed by atoms with Gasteiger partial charge in [0.25, 0.3) is 5.89 Å². The summed E-state index contributed by atoms with van der Waals surface area (Å²) < 4.78 is 11.4. The van der Waals surface area contributed by atoms with E-state index in [2.05, 4.69) is 17.1 Å². The number of aryl methyl sites for hydroxylation is 1. The Kier molecular flexibility index (Phi) is 10.8. The zero-order valence-electron chi connectivity index (χ0n) is 22.5. The topological polar surface area (TPSA) is 69.1 Å². The number of aromatic nitrogens is 2. The number of rotatable bonds is 17. The van der Waals surface area contributed by atoms with E-state index in [4.69, 9.17) is 8.83 Å². The van der Waals surface area contributed by atoms with Crippen LogP contribution in [0.1, 0.15) is 109 Å². The van der Waals surface area contributed by atoms with Gasteiger partial charge in [-0.15, -0.1) is 10.2 Å². The first-order chi connectivity index (χ1) is 18.3. The smallest absolute Gasteiger partial charge is 0.349 e. The van der Waals surface area contributed by atoms with Gasteiger partial charge in [-0.2, -0.15) is 0 Å². The van der Waals surface area contributed by atoms with E-state index in [9.17, 15) is 4.79 Å². The Hall–Kier alpha value is -2.95. The third kappa shape index (κ3) is 8.02. The number of fused-ring (bicyclic) bond motifs is 3. The molecule has 4 rings (SSSR count). The Labute approximate surface area is 220 Å². The quantitative estimate of drug-likeness (QED) is 0.0817. The molecule has 0 aliphatic rings. The maximum absolute atomic E-state index is 12.6. The van der Waals surface area contributed by atoms with Crippen LogP contribution in [0.15, 0.2) is 56.1 Å². The Bertz CT molecular complexity index is 1290. The highest BCUT2D eigenvalue weighted by molar-refractivity contribution is 6.06. The lowest BCUT2D eigenvalue weighted by Gasteiger charge is -2.03. The molecule has 0 saturated carbocycles. The van der Waals surface area contributed by atoms with E-state index in [1.807, 2.05) is 42.5 Å². The van der Waals surface area contributed by atoms with E-state index in [0.29, 0.717) is 17.0 Å². The van der Waals surface area contributed by atoms with Crippen molar-refractivity contribution in [1.82, 2.24) is 10.2 Å². The maximum atomic E-state index is 12.6. The van der Waals surface area contributed by atoms with Gasteiger partial charge in [-0.1, -0.05) is 127 Å². The van der Waals surface area contributed by atoms with Crippen LogP contribution in [0.3, 0.4) is 0 Å². The molecule has 198 valence electrons. The van der Waals surface area contributed by atoms with Crippen molar-refractivity contribution in [3.05, 3.63) is 58.8 Å². The van der Waals surface area contributed by atoms with Crippen LogP contribution in [-0.4, -0.2) is 10.2 Å². The normalized spacial score (nSPS) is 11.6. The van der Waals surface area contributed by atoms with Crippen LogP contribution in [0.4, 0.5) is 0 Å². The fourth-order valence-corrected chi connectivity index (χ4v) is 5.13. The van der Waals surface area contributed by atoms with E-state index in [1.54, 1.807) is 0 Å². The van der Waals surface area contributed by atoms with Gasteiger partial charge in [-0.25, -0.2) is 4.79 Å². The summed E-state index contributed by atoms with van der Waals surface area (Å²) in [5.41, 5.74) is 0.425. The van der Waals surface area contributed by atoms with Crippen LogP contribution < -0.4 is 5.63 Å². The monoisotopic (exact) mass is 502 g/mol. The van der Waals surface area contributed by atoms with Gasteiger partial charge in [0.2, 0.25) is 5.89 Å². The van der Waals surface area contributed by atoms with Crippen molar-refractivity contribution in [2.75, 3.05) is 0 Å². The Morgan fingerprint density at radius 2 is 1.27 bits per heavy atom. The fourth-order valence-electron chi connectivity index (χ4n) is 5.13. The van der Waals surface area contributed by atoms with E-state index >= 15 is 0 Å². The molecule has 0 N–H and O–H groups in total. The molecule has 5 heteroatoms. The zero-order valence-corrected chi connectivity index (χ0v) is 22.5. The highest BCUT2D eigenvalue weighted by Gasteiger charge is 2.16. The molecule has 0 amide bonds. The number of hydrogen-bond donors (Lipinski definition) is 0. The third-order valence-corrected chi connectivity index (χ3v) is 7.33. The van der Waals surface area contributed by atoms with Gasteiger partial charge in [-0.3, -0.25) is 0 Å². The molecule has 2 aromatic carbocycles. The number of unbranched alkanes of at least 4 members (excludes halogenated alkanes) is 14. The maximum Gasteiger partial charge on any atom is 0.349 e. The highest BCUT2D eigenvalue weighted by atomic mass is 16.4. The third-order valence-electron chi connectivity index (χ3n) is 7.33. The summed E-state index contributed by atoms with van der Waals surface area (Å²) in [6.07, 6.45) is 20.8. The van der Waals surface area contributed by atoms with Crippen LogP contribution >= 0.6 is 0 Å². The minimum absolute atomic E-state index is 0.236. The summed E-state index contributed by atoms with van der Waals surface area (Å²) in [7, 11) is 0. The number of hydrogen-bond acceptors (Lipinski definition) is 5. The molecular formula is C32H42N2O3. The molecule has 0 unspecified atom stereocenters. The molecule has 0 spiro atoms. The first-order valence-electron chi connectivity index (χ1n) is 14.5. The average Bonchev–Trinajstić information content (AvgIpc) is 3.39. The van der Waals surface area contributed by atoms with E-state index in [-0.39, 0.29) is 5.89 Å². The lowest BCUT2D eigenvalue weighted by molar-refractivity contribution is 0.481. The Morgan fingerprint density at radius 1 is 0.649 bits per heavy atom. The van der Waals surface area contributed by atoms with Crippen LogP contribution in [0.25, 0.3) is 33.2 Å². The van der Waals surface area contributed by atoms with Gasteiger partial charge in [0.15, 0.2) is 0 Å². The first kappa shape index (κ1) is 27.1.